The number of nitrogens with zero attached hydrogens (tertiary/aromatic N) is 1. The first-order chi connectivity index (χ1) is 19.5. The Bertz CT molecular complexity index is 1420. The lowest BCUT2D eigenvalue weighted by Gasteiger charge is -2.56. The fraction of sp³-hybridized carbons (Fsp3) is 0.613. The fourth-order valence-corrected chi connectivity index (χ4v) is 7.59. The van der Waals surface area contributed by atoms with Crippen LogP contribution in [0.5, 0.6) is 5.75 Å². The summed E-state index contributed by atoms with van der Waals surface area (Å²) < 4.78 is 6.05. The molecule has 0 aromatic heterocycles. The highest BCUT2D eigenvalue weighted by Gasteiger charge is 2.74. The number of hydrogen-bond donors (Lipinski definition) is 3. The summed E-state index contributed by atoms with van der Waals surface area (Å²) in [5.41, 5.74) is 2.65. The summed E-state index contributed by atoms with van der Waals surface area (Å²) in [6.45, 7) is 7.29. The number of hydrogen-bond acceptors (Lipinski definition) is 10. The quantitative estimate of drug-likeness (QED) is 0.343. The van der Waals surface area contributed by atoms with Crippen LogP contribution in [0.25, 0.3) is 0 Å². The molecule has 3 saturated carbocycles. The van der Waals surface area contributed by atoms with Crippen LogP contribution in [-0.2, 0) is 34.1 Å². The lowest BCUT2D eigenvalue weighted by Crippen LogP contribution is -2.78. The van der Waals surface area contributed by atoms with Crippen molar-refractivity contribution in [2.75, 3.05) is 14.1 Å². The van der Waals surface area contributed by atoms with Gasteiger partial charge in [0, 0.05) is 5.92 Å². The molecule has 4 aliphatic carbocycles. The van der Waals surface area contributed by atoms with Gasteiger partial charge in [0.15, 0.2) is 34.7 Å². The monoisotopic (exact) mass is 582 g/mol. The first-order valence-corrected chi connectivity index (χ1v) is 14.4. The third-order valence-corrected chi connectivity index (χ3v) is 9.96. The second-order valence-corrected chi connectivity index (χ2v) is 13.6. The van der Waals surface area contributed by atoms with E-state index < -0.39 is 93.7 Å². The molecule has 42 heavy (non-hydrogen) atoms. The van der Waals surface area contributed by atoms with Gasteiger partial charge in [0.1, 0.15) is 11.9 Å². The molecule has 226 valence electrons. The molecular formula is C31H38N2O9. The lowest BCUT2D eigenvalue weighted by molar-refractivity contribution is -0.208. The van der Waals surface area contributed by atoms with E-state index in [4.69, 9.17) is 10.5 Å². The Morgan fingerprint density at radius 2 is 1.69 bits per heavy atom. The molecule has 0 spiro atoms. The highest BCUT2D eigenvalue weighted by atomic mass is 16.5. The van der Waals surface area contributed by atoms with Crippen molar-refractivity contribution in [3.8, 4) is 5.75 Å². The molecule has 11 nitrogen and oxygen atoms in total. The van der Waals surface area contributed by atoms with E-state index in [1.807, 2.05) is 20.8 Å². The number of primary amides is 1. The molecule has 1 aromatic carbocycles. The SMILES string of the molecule is C[C@H]1c2ccc(C(C)(C)C)c(O)c2C(=O)C2C(=O)[C@]3(O)C(=O)C(C(N)=O)C(=O)[C@@H](N(C)C)[C@@H]3[C@@H](OC(=O)C3CCC3)[C@@H]21. The molecule has 0 heterocycles. The Labute approximate surface area is 243 Å². The van der Waals surface area contributed by atoms with E-state index in [9.17, 15) is 39.0 Å². The number of carbonyl (C=O) groups excluding carboxylic acids is 6. The summed E-state index contributed by atoms with van der Waals surface area (Å²) in [6, 6.07) is 2.01. The van der Waals surface area contributed by atoms with Crippen molar-refractivity contribution in [3.05, 3.63) is 28.8 Å². The topological polar surface area (TPSA) is 181 Å². The first-order valence-electron chi connectivity index (χ1n) is 14.4. The fourth-order valence-electron chi connectivity index (χ4n) is 7.59. The summed E-state index contributed by atoms with van der Waals surface area (Å²) in [5, 5.41) is 23.4. The molecular weight excluding hydrogens is 544 g/mol. The predicted octanol–water partition coefficient (Wildman–Crippen LogP) is 1.05. The largest absolute Gasteiger partial charge is 0.507 e. The summed E-state index contributed by atoms with van der Waals surface area (Å²) in [6.07, 6.45) is 0.550. The van der Waals surface area contributed by atoms with E-state index in [0.717, 1.165) is 6.42 Å². The number of amides is 1. The molecule has 0 bridgehead atoms. The van der Waals surface area contributed by atoms with Crippen molar-refractivity contribution in [1.82, 2.24) is 4.90 Å². The van der Waals surface area contributed by atoms with Crippen LogP contribution in [-0.4, -0.2) is 82.0 Å². The zero-order chi connectivity index (χ0) is 31.2. The maximum absolute atomic E-state index is 14.4. The summed E-state index contributed by atoms with van der Waals surface area (Å²) in [5.74, 6) is -14.2. The number of likely N-dealkylation sites (N-methyl/N-ethyl adjacent to an activating group) is 1. The molecule has 4 aliphatic rings. The number of nitrogens with two attached hydrogens (primary N) is 1. The van der Waals surface area contributed by atoms with Crippen LogP contribution in [0.1, 0.15) is 74.4 Å². The number of carbonyl (C=O) groups is 6. The van der Waals surface area contributed by atoms with Gasteiger partial charge in [0.2, 0.25) is 5.91 Å². The number of benzene rings is 1. The number of aliphatic hydroxyl groups is 1. The molecule has 2 unspecified atom stereocenters. The van der Waals surface area contributed by atoms with Crippen molar-refractivity contribution in [1.29, 1.82) is 0 Å². The van der Waals surface area contributed by atoms with Gasteiger partial charge >= 0.3 is 5.97 Å². The van der Waals surface area contributed by atoms with Crippen molar-refractivity contribution in [3.63, 3.8) is 0 Å². The number of fused-ring (bicyclic) bond motifs is 3. The van der Waals surface area contributed by atoms with Crippen LogP contribution in [0.4, 0.5) is 0 Å². The number of phenols is 1. The Kier molecular flexibility index (Phi) is 7.01. The van der Waals surface area contributed by atoms with Crippen molar-refractivity contribution in [2.45, 2.75) is 76.0 Å². The molecule has 0 radical (unpaired) electrons. The average Bonchev–Trinajstić information content (AvgIpc) is 2.83. The van der Waals surface area contributed by atoms with Gasteiger partial charge in [-0.1, -0.05) is 46.2 Å². The Balaban J connectivity index is 1.76. The average molecular weight is 583 g/mol. The summed E-state index contributed by atoms with van der Waals surface area (Å²) >= 11 is 0. The van der Waals surface area contributed by atoms with Crippen LogP contribution in [0.3, 0.4) is 0 Å². The minimum atomic E-state index is -3.03. The Morgan fingerprint density at radius 3 is 2.19 bits per heavy atom. The van der Waals surface area contributed by atoms with Gasteiger partial charge in [0.05, 0.1) is 29.4 Å². The third-order valence-electron chi connectivity index (χ3n) is 9.96. The molecule has 3 fully saturated rings. The first kappa shape index (κ1) is 30.0. The smallest absolute Gasteiger partial charge is 0.309 e. The van der Waals surface area contributed by atoms with Crippen LogP contribution in [0.2, 0.25) is 0 Å². The lowest BCUT2D eigenvalue weighted by atomic mass is 9.49. The van der Waals surface area contributed by atoms with E-state index >= 15 is 0 Å². The standard InChI is InChI=1S/C31H38N2O9/c1-12-14-10-11-15(30(2,3)4)22(34)17(14)23(35)18-16(12)25(42-29(40)13-8-7-9-13)20-21(33(5)6)24(36)19(28(32)39)27(38)31(20,41)26(18)37/h10-13,16,18-21,25,34,41H,7-9H2,1-6H3,(H2,32,39)/t12-,16+,18?,19?,20+,21-,25-,31-/m0/s1. The number of Topliss-reactive ketones (excluding diaryl/α,β-unsaturated/α-hetero) is 4. The van der Waals surface area contributed by atoms with E-state index in [0.29, 0.717) is 24.0 Å². The number of ether oxygens (including phenoxy) is 1. The maximum atomic E-state index is 14.4. The minimum Gasteiger partial charge on any atom is -0.507 e. The highest BCUT2D eigenvalue weighted by Crippen LogP contribution is 2.56. The number of phenolic OH excluding ortho intramolecular Hbond substituents is 1. The molecule has 1 aromatic rings. The van der Waals surface area contributed by atoms with Crippen molar-refractivity contribution >= 4 is 35.0 Å². The van der Waals surface area contributed by atoms with Gasteiger partial charge in [0.25, 0.3) is 0 Å². The van der Waals surface area contributed by atoms with Crippen molar-refractivity contribution in [2.24, 2.45) is 35.3 Å². The van der Waals surface area contributed by atoms with Crippen LogP contribution >= 0.6 is 0 Å². The van der Waals surface area contributed by atoms with Crippen LogP contribution in [0, 0.1) is 29.6 Å². The van der Waals surface area contributed by atoms with Crippen LogP contribution in [0.15, 0.2) is 12.1 Å². The van der Waals surface area contributed by atoms with Gasteiger partial charge in [-0.2, -0.15) is 0 Å². The number of ketones is 4. The third kappa shape index (κ3) is 4.00. The Morgan fingerprint density at radius 1 is 1.07 bits per heavy atom. The second-order valence-electron chi connectivity index (χ2n) is 13.6. The molecule has 5 rings (SSSR count). The Hall–Kier alpha value is -3.44. The normalized spacial score (nSPS) is 34.8. The van der Waals surface area contributed by atoms with Gasteiger partial charge in [-0.15, -0.1) is 0 Å². The molecule has 1 amide bonds. The van der Waals surface area contributed by atoms with Gasteiger partial charge in [-0.3, -0.25) is 33.7 Å². The zero-order valence-corrected chi connectivity index (χ0v) is 24.7. The molecule has 11 heteroatoms. The second kappa shape index (κ2) is 9.80. The minimum absolute atomic E-state index is 0.0920. The molecule has 0 saturated heterocycles. The highest BCUT2D eigenvalue weighted by molar-refractivity contribution is 6.32. The van der Waals surface area contributed by atoms with E-state index in [1.54, 1.807) is 19.1 Å². The van der Waals surface area contributed by atoms with E-state index in [-0.39, 0.29) is 11.3 Å². The maximum Gasteiger partial charge on any atom is 0.309 e. The van der Waals surface area contributed by atoms with E-state index in [1.165, 1.54) is 19.0 Å². The summed E-state index contributed by atoms with van der Waals surface area (Å²) in [7, 11) is 2.96. The van der Waals surface area contributed by atoms with E-state index in [2.05, 4.69) is 0 Å². The summed E-state index contributed by atoms with van der Waals surface area (Å²) in [4.78, 5) is 83.0. The van der Waals surface area contributed by atoms with Gasteiger partial charge in [-0.05, 0) is 49.4 Å². The number of aromatic hydroxyl groups is 1. The van der Waals surface area contributed by atoms with Crippen LogP contribution < -0.4 is 5.73 Å². The molecule has 0 aliphatic heterocycles. The molecule has 8 atom stereocenters. The number of rotatable bonds is 4. The zero-order valence-electron chi connectivity index (χ0n) is 24.7. The molecule has 4 N–H and O–H groups in total. The van der Waals surface area contributed by atoms with Gasteiger partial charge in [-0.25, -0.2) is 0 Å². The van der Waals surface area contributed by atoms with Crippen molar-refractivity contribution < 1.29 is 43.7 Å². The number of esters is 1. The predicted molar refractivity (Wildman–Crippen MR) is 147 cm³/mol. The van der Waals surface area contributed by atoms with Gasteiger partial charge < -0.3 is 20.7 Å².